The Morgan fingerprint density at radius 1 is 1.33 bits per heavy atom. The van der Waals surface area contributed by atoms with Crippen LogP contribution in [-0.2, 0) is 6.54 Å². The average Bonchev–Trinajstić information content (AvgIpc) is 3.19. The highest BCUT2D eigenvalue weighted by molar-refractivity contribution is 7.09. The fraction of sp³-hybridized carbons (Fsp3) is 0.733. The number of carbonyl (C=O) groups excluding carboxylic acids is 1. The van der Waals surface area contributed by atoms with Crippen molar-refractivity contribution in [3.63, 3.8) is 0 Å². The van der Waals surface area contributed by atoms with Crippen LogP contribution in [0.15, 0.2) is 5.38 Å². The second kappa shape index (κ2) is 6.85. The minimum absolute atomic E-state index is 0.0507. The molecule has 1 aromatic heterocycles. The number of hydrogen-bond donors (Lipinski definition) is 2. The molecule has 1 saturated carbocycles. The van der Waals surface area contributed by atoms with Crippen molar-refractivity contribution in [1.29, 1.82) is 0 Å². The summed E-state index contributed by atoms with van der Waals surface area (Å²) in [7, 11) is 0. The van der Waals surface area contributed by atoms with Gasteiger partial charge in [-0.05, 0) is 25.7 Å². The molecule has 5 nitrogen and oxygen atoms in total. The summed E-state index contributed by atoms with van der Waals surface area (Å²) < 4.78 is 0. The van der Waals surface area contributed by atoms with E-state index < -0.39 is 0 Å². The van der Waals surface area contributed by atoms with Gasteiger partial charge in [0.25, 0.3) is 5.91 Å². The molecule has 1 aliphatic carbocycles. The van der Waals surface area contributed by atoms with Crippen molar-refractivity contribution in [3.8, 4) is 0 Å². The van der Waals surface area contributed by atoms with Crippen molar-refractivity contribution < 1.29 is 4.79 Å². The fourth-order valence-electron chi connectivity index (χ4n) is 3.45. The number of rotatable bonds is 4. The number of hydrogen-bond acceptors (Lipinski definition) is 5. The lowest BCUT2D eigenvalue weighted by Crippen LogP contribution is -2.47. The maximum atomic E-state index is 12.2. The lowest BCUT2D eigenvalue weighted by atomic mass is 10.0. The van der Waals surface area contributed by atoms with Crippen molar-refractivity contribution in [2.45, 2.75) is 57.2 Å². The predicted octanol–water partition coefficient (Wildman–Crippen LogP) is 1.74. The molecule has 21 heavy (non-hydrogen) atoms. The van der Waals surface area contributed by atoms with Gasteiger partial charge in [0.2, 0.25) is 0 Å². The molecule has 0 atom stereocenters. The van der Waals surface area contributed by atoms with E-state index in [0.29, 0.717) is 12.2 Å². The van der Waals surface area contributed by atoms with Gasteiger partial charge in [-0.25, -0.2) is 4.98 Å². The first-order valence-corrected chi connectivity index (χ1v) is 8.83. The number of nitrogens with two attached hydrogens (primary N) is 1. The van der Waals surface area contributed by atoms with E-state index in [2.05, 4.69) is 15.2 Å². The maximum absolute atomic E-state index is 12.2. The zero-order valence-corrected chi connectivity index (χ0v) is 13.2. The summed E-state index contributed by atoms with van der Waals surface area (Å²) in [6.07, 6.45) is 7.59. The third-order valence-corrected chi connectivity index (χ3v) is 5.54. The van der Waals surface area contributed by atoms with E-state index in [1.807, 2.05) is 0 Å². The van der Waals surface area contributed by atoms with Gasteiger partial charge >= 0.3 is 0 Å². The smallest absolute Gasteiger partial charge is 0.270 e. The summed E-state index contributed by atoms with van der Waals surface area (Å²) in [4.78, 5) is 19.0. The summed E-state index contributed by atoms with van der Waals surface area (Å²) in [5.74, 6) is -0.0507. The number of amides is 1. The molecule has 2 fully saturated rings. The van der Waals surface area contributed by atoms with Gasteiger partial charge in [0, 0.05) is 37.1 Å². The Hall–Kier alpha value is -0.980. The molecule has 1 aliphatic heterocycles. The van der Waals surface area contributed by atoms with Crippen LogP contribution in [0.1, 0.15) is 54.0 Å². The molecule has 2 heterocycles. The van der Waals surface area contributed by atoms with E-state index in [1.165, 1.54) is 37.0 Å². The molecule has 2 aliphatic rings. The first-order chi connectivity index (χ1) is 10.3. The Labute approximate surface area is 129 Å². The first kappa shape index (κ1) is 14.9. The van der Waals surface area contributed by atoms with Crippen LogP contribution in [0.25, 0.3) is 0 Å². The minimum Gasteiger partial charge on any atom is -0.348 e. The number of carbonyl (C=O) groups is 1. The van der Waals surface area contributed by atoms with Crippen LogP contribution in [0.3, 0.4) is 0 Å². The Balaban J connectivity index is 1.47. The monoisotopic (exact) mass is 308 g/mol. The molecule has 0 unspecified atom stereocenters. The highest BCUT2D eigenvalue weighted by Gasteiger charge is 2.28. The van der Waals surface area contributed by atoms with E-state index in [1.54, 1.807) is 5.38 Å². The number of nitrogens with zero attached hydrogens (tertiary/aromatic N) is 2. The van der Waals surface area contributed by atoms with Crippen LogP contribution >= 0.6 is 11.3 Å². The third kappa shape index (κ3) is 3.62. The molecule has 3 N–H and O–H groups in total. The highest BCUT2D eigenvalue weighted by atomic mass is 32.1. The van der Waals surface area contributed by atoms with Crippen LogP contribution in [0.4, 0.5) is 0 Å². The maximum Gasteiger partial charge on any atom is 0.270 e. The molecule has 1 aromatic rings. The van der Waals surface area contributed by atoms with E-state index >= 15 is 0 Å². The lowest BCUT2D eigenvalue weighted by molar-refractivity contribution is 0.0888. The van der Waals surface area contributed by atoms with Crippen molar-refractivity contribution in [1.82, 2.24) is 15.2 Å². The summed E-state index contributed by atoms with van der Waals surface area (Å²) in [6, 6.07) is 1.09. The standard InChI is InChI=1S/C15H24N4OS/c16-9-14-18-13(10-21-14)15(20)17-11-5-7-19(8-6-11)12-3-1-2-4-12/h10-12H,1-9,16H2,(H,17,20). The van der Waals surface area contributed by atoms with Gasteiger partial charge in [-0.15, -0.1) is 11.3 Å². The van der Waals surface area contributed by atoms with Crippen molar-refractivity contribution in [3.05, 3.63) is 16.1 Å². The predicted molar refractivity (Wildman–Crippen MR) is 84.3 cm³/mol. The molecule has 1 amide bonds. The third-order valence-electron chi connectivity index (χ3n) is 4.66. The Morgan fingerprint density at radius 2 is 2.05 bits per heavy atom. The summed E-state index contributed by atoms with van der Waals surface area (Å²) in [6.45, 7) is 2.62. The van der Waals surface area contributed by atoms with Gasteiger partial charge in [-0.3, -0.25) is 4.79 Å². The van der Waals surface area contributed by atoms with Crippen LogP contribution < -0.4 is 11.1 Å². The van der Waals surface area contributed by atoms with Gasteiger partial charge in [0.15, 0.2) is 0 Å². The SMILES string of the molecule is NCc1nc(C(=O)NC2CCN(C3CCCC3)CC2)cs1. The highest BCUT2D eigenvalue weighted by Crippen LogP contribution is 2.26. The zero-order chi connectivity index (χ0) is 14.7. The molecule has 0 spiro atoms. The molecular weight excluding hydrogens is 284 g/mol. The van der Waals surface area contributed by atoms with Crippen LogP contribution in [0, 0.1) is 0 Å². The second-order valence-electron chi connectivity index (χ2n) is 6.05. The largest absolute Gasteiger partial charge is 0.348 e. The van der Waals surface area contributed by atoms with Crippen LogP contribution in [-0.4, -0.2) is 41.0 Å². The van der Waals surface area contributed by atoms with Crippen LogP contribution in [0.2, 0.25) is 0 Å². The first-order valence-electron chi connectivity index (χ1n) is 7.95. The zero-order valence-electron chi connectivity index (χ0n) is 12.4. The van der Waals surface area contributed by atoms with Gasteiger partial charge in [-0.2, -0.15) is 0 Å². The topological polar surface area (TPSA) is 71.2 Å². The van der Waals surface area contributed by atoms with Crippen molar-refractivity contribution in [2.75, 3.05) is 13.1 Å². The summed E-state index contributed by atoms with van der Waals surface area (Å²) in [5.41, 5.74) is 6.05. The van der Waals surface area contributed by atoms with Crippen LogP contribution in [0.5, 0.6) is 0 Å². The quantitative estimate of drug-likeness (QED) is 0.889. The van der Waals surface area contributed by atoms with Gasteiger partial charge in [0.05, 0.1) is 0 Å². The molecule has 116 valence electrons. The fourth-order valence-corrected chi connectivity index (χ4v) is 4.10. The summed E-state index contributed by atoms with van der Waals surface area (Å²) in [5, 5.41) is 5.73. The van der Waals surface area contributed by atoms with Gasteiger partial charge < -0.3 is 16.0 Å². The van der Waals surface area contributed by atoms with Crippen molar-refractivity contribution in [2.24, 2.45) is 5.73 Å². The van der Waals surface area contributed by atoms with Gasteiger partial charge in [-0.1, -0.05) is 12.8 Å². The Morgan fingerprint density at radius 3 is 2.67 bits per heavy atom. The van der Waals surface area contributed by atoms with E-state index in [9.17, 15) is 4.79 Å². The second-order valence-corrected chi connectivity index (χ2v) is 7.00. The van der Waals surface area contributed by atoms with E-state index in [0.717, 1.165) is 37.0 Å². The lowest BCUT2D eigenvalue weighted by Gasteiger charge is -2.36. The normalized spacial score (nSPS) is 21.8. The average molecular weight is 308 g/mol. The molecule has 3 rings (SSSR count). The van der Waals surface area contributed by atoms with Crippen molar-refractivity contribution >= 4 is 17.2 Å². The molecule has 1 saturated heterocycles. The van der Waals surface area contributed by atoms with Gasteiger partial charge in [0.1, 0.15) is 10.7 Å². The molecule has 0 aromatic carbocycles. The summed E-state index contributed by atoms with van der Waals surface area (Å²) >= 11 is 1.45. The van der Waals surface area contributed by atoms with E-state index in [-0.39, 0.29) is 11.9 Å². The molecule has 0 bridgehead atoms. The Kier molecular flexibility index (Phi) is 4.87. The number of aromatic nitrogens is 1. The Bertz CT molecular complexity index is 476. The molecular formula is C15H24N4OS. The number of nitrogens with one attached hydrogen (secondary N) is 1. The van der Waals surface area contributed by atoms with E-state index in [4.69, 9.17) is 5.73 Å². The number of piperidine rings is 1. The number of thiazole rings is 1. The molecule has 0 radical (unpaired) electrons. The molecule has 6 heteroatoms. The minimum atomic E-state index is -0.0507. The number of likely N-dealkylation sites (tertiary alicyclic amines) is 1.